The number of hydrogen-bond acceptors (Lipinski definition) is 3. The highest BCUT2D eigenvalue weighted by atomic mass is 16.3. The van der Waals surface area contributed by atoms with E-state index in [1.807, 2.05) is 35.0 Å². The lowest BCUT2D eigenvalue weighted by molar-refractivity contribution is 0.0485. The molecule has 0 aliphatic heterocycles. The van der Waals surface area contributed by atoms with Crippen molar-refractivity contribution in [2.75, 3.05) is 0 Å². The average Bonchev–Trinajstić information content (AvgIpc) is 2.76. The van der Waals surface area contributed by atoms with Crippen molar-refractivity contribution in [2.24, 2.45) is 5.41 Å². The summed E-state index contributed by atoms with van der Waals surface area (Å²) in [7, 11) is 0. The molecule has 1 atom stereocenters. The average molecular weight is 269 g/mol. The van der Waals surface area contributed by atoms with Gasteiger partial charge in [-0.25, -0.2) is 4.98 Å². The van der Waals surface area contributed by atoms with Crippen molar-refractivity contribution in [3.05, 3.63) is 36.3 Å². The number of aliphatic hydroxyl groups is 1. The van der Waals surface area contributed by atoms with Gasteiger partial charge in [-0.15, -0.1) is 0 Å². The minimum absolute atomic E-state index is 0.611. The summed E-state index contributed by atoms with van der Waals surface area (Å²) in [6.07, 6.45) is 8.80. The molecule has 1 fully saturated rings. The summed E-state index contributed by atoms with van der Waals surface area (Å²) < 4.78 is 1.89. The third-order valence-electron chi connectivity index (χ3n) is 4.40. The summed E-state index contributed by atoms with van der Waals surface area (Å²) >= 11 is 0. The first kappa shape index (κ1) is 13.1. The molecule has 104 valence electrons. The Labute approximate surface area is 118 Å². The Kier molecular flexibility index (Phi) is 3.45. The van der Waals surface area contributed by atoms with Crippen molar-refractivity contribution in [3.8, 4) is 6.07 Å². The smallest absolute Gasteiger partial charge is 0.137 e. The molecule has 1 aliphatic rings. The van der Waals surface area contributed by atoms with E-state index in [1.165, 1.54) is 0 Å². The maximum atomic E-state index is 10.7. The minimum atomic E-state index is -0.800. The fourth-order valence-electron chi connectivity index (χ4n) is 3.17. The number of hydrogen-bond donors (Lipinski definition) is 1. The van der Waals surface area contributed by atoms with Gasteiger partial charge in [-0.1, -0.05) is 31.7 Å². The van der Waals surface area contributed by atoms with Gasteiger partial charge >= 0.3 is 0 Å². The Morgan fingerprint density at radius 2 is 2.00 bits per heavy atom. The lowest BCUT2D eigenvalue weighted by Crippen LogP contribution is -2.27. The van der Waals surface area contributed by atoms with Crippen LogP contribution in [0.3, 0.4) is 0 Å². The van der Waals surface area contributed by atoms with Gasteiger partial charge in [-0.3, -0.25) is 0 Å². The van der Waals surface area contributed by atoms with Gasteiger partial charge in [0.15, 0.2) is 0 Å². The zero-order chi connectivity index (χ0) is 14.0. The standard InChI is InChI=1S/C16H19N3O/c17-12-16(8-4-1-2-5-9-16)15(20)13-11-19-10-6-3-7-14(19)18-13/h3,6-7,10-11,15,20H,1-2,4-5,8-9H2. The first-order valence-electron chi connectivity index (χ1n) is 7.28. The van der Waals surface area contributed by atoms with Crippen molar-refractivity contribution >= 4 is 5.65 Å². The third-order valence-corrected chi connectivity index (χ3v) is 4.40. The largest absolute Gasteiger partial charge is 0.385 e. The molecule has 20 heavy (non-hydrogen) atoms. The van der Waals surface area contributed by atoms with E-state index in [9.17, 15) is 10.4 Å². The molecule has 0 aromatic carbocycles. The van der Waals surface area contributed by atoms with Crippen LogP contribution in [-0.4, -0.2) is 14.5 Å². The normalized spacial score (nSPS) is 20.2. The van der Waals surface area contributed by atoms with Gasteiger partial charge in [0.05, 0.1) is 17.2 Å². The Morgan fingerprint density at radius 3 is 2.65 bits per heavy atom. The highest BCUT2D eigenvalue weighted by molar-refractivity contribution is 5.40. The van der Waals surface area contributed by atoms with Crippen LogP contribution < -0.4 is 0 Å². The van der Waals surface area contributed by atoms with Gasteiger partial charge in [0.1, 0.15) is 11.8 Å². The molecule has 1 saturated carbocycles. The molecular formula is C16H19N3O. The molecular weight excluding hydrogens is 250 g/mol. The molecule has 2 aromatic heterocycles. The van der Waals surface area contributed by atoms with E-state index < -0.39 is 11.5 Å². The maximum Gasteiger partial charge on any atom is 0.137 e. The summed E-state index contributed by atoms with van der Waals surface area (Å²) in [6, 6.07) is 8.15. The van der Waals surface area contributed by atoms with E-state index >= 15 is 0 Å². The number of aromatic nitrogens is 2. The SMILES string of the molecule is N#CC1(C(O)c2cn3ccccc3n2)CCCCCC1. The van der Waals surface area contributed by atoms with Gasteiger partial charge in [-0.05, 0) is 25.0 Å². The number of pyridine rings is 1. The van der Waals surface area contributed by atoms with E-state index in [-0.39, 0.29) is 0 Å². The van der Waals surface area contributed by atoms with E-state index in [0.29, 0.717) is 5.69 Å². The number of rotatable bonds is 2. The third kappa shape index (κ3) is 2.19. The molecule has 2 aromatic rings. The van der Waals surface area contributed by atoms with Crippen LogP contribution in [0.1, 0.15) is 50.3 Å². The summed E-state index contributed by atoms with van der Waals surface area (Å²) in [5, 5.41) is 20.4. The van der Waals surface area contributed by atoms with Gasteiger partial charge in [0.25, 0.3) is 0 Å². The van der Waals surface area contributed by atoms with Crippen molar-refractivity contribution in [1.82, 2.24) is 9.38 Å². The quantitative estimate of drug-likeness (QED) is 0.851. The lowest BCUT2D eigenvalue weighted by Gasteiger charge is -2.29. The molecule has 0 saturated heterocycles. The van der Waals surface area contributed by atoms with Gasteiger partial charge < -0.3 is 9.51 Å². The van der Waals surface area contributed by atoms with Crippen molar-refractivity contribution < 1.29 is 5.11 Å². The van der Waals surface area contributed by atoms with Crippen LogP contribution in [0.2, 0.25) is 0 Å². The van der Waals surface area contributed by atoms with Gasteiger partial charge in [-0.2, -0.15) is 5.26 Å². The van der Waals surface area contributed by atoms with Crippen LogP contribution in [-0.2, 0) is 0 Å². The van der Waals surface area contributed by atoms with Gasteiger partial charge in [0.2, 0.25) is 0 Å². The predicted molar refractivity (Wildman–Crippen MR) is 75.9 cm³/mol. The molecule has 1 aliphatic carbocycles. The second kappa shape index (κ2) is 5.26. The van der Waals surface area contributed by atoms with Crippen LogP contribution in [0.4, 0.5) is 0 Å². The Bertz CT molecular complexity index is 599. The highest BCUT2D eigenvalue weighted by Gasteiger charge is 2.40. The first-order valence-corrected chi connectivity index (χ1v) is 7.28. The lowest BCUT2D eigenvalue weighted by atomic mass is 9.76. The molecule has 3 rings (SSSR count). The van der Waals surface area contributed by atoms with Crippen molar-refractivity contribution in [2.45, 2.75) is 44.6 Å². The predicted octanol–water partition coefficient (Wildman–Crippen LogP) is 3.23. The van der Waals surface area contributed by atoms with E-state index in [1.54, 1.807) is 0 Å². The molecule has 4 nitrogen and oxygen atoms in total. The monoisotopic (exact) mass is 269 g/mol. The van der Waals surface area contributed by atoms with E-state index in [0.717, 1.165) is 44.2 Å². The Morgan fingerprint density at radius 1 is 1.25 bits per heavy atom. The summed E-state index contributed by atoms with van der Waals surface area (Å²) in [6.45, 7) is 0. The molecule has 0 amide bonds. The minimum Gasteiger partial charge on any atom is -0.385 e. The number of nitrogens with zero attached hydrogens (tertiary/aromatic N) is 3. The second-order valence-corrected chi connectivity index (χ2v) is 5.72. The topological polar surface area (TPSA) is 61.3 Å². The van der Waals surface area contributed by atoms with Crippen LogP contribution in [0, 0.1) is 16.7 Å². The molecule has 1 unspecified atom stereocenters. The van der Waals surface area contributed by atoms with Gasteiger partial charge in [0, 0.05) is 12.4 Å². The second-order valence-electron chi connectivity index (χ2n) is 5.72. The van der Waals surface area contributed by atoms with Crippen molar-refractivity contribution in [3.63, 3.8) is 0 Å². The first-order chi connectivity index (χ1) is 9.75. The Balaban J connectivity index is 1.96. The maximum absolute atomic E-state index is 10.7. The fraction of sp³-hybridized carbons (Fsp3) is 0.500. The summed E-state index contributed by atoms with van der Waals surface area (Å²) in [5.41, 5.74) is 0.747. The number of aliphatic hydroxyl groups excluding tert-OH is 1. The van der Waals surface area contributed by atoms with E-state index in [4.69, 9.17) is 0 Å². The Hall–Kier alpha value is -1.86. The molecule has 0 radical (unpaired) electrons. The van der Waals surface area contributed by atoms with E-state index in [2.05, 4.69) is 11.1 Å². The molecule has 4 heteroatoms. The summed E-state index contributed by atoms with van der Waals surface area (Å²) in [5.74, 6) is 0. The van der Waals surface area contributed by atoms with Crippen LogP contribution in [0.5, 0.6) is 0 Å². The molecule has 2 heterocycles. The zero-order valence-corrected chi connectivity index (χ0v) is 11.5. The summed E-state index contributed by atoms with van der Waals surface area (Å²) in [4.78, 5) is 4.47. The van der Waals surface area contributed by atoms with Crippen LogP contribution in [0.25, 0.3) is 5.65 Å². The van der Waals surface area contributed by atoms with Crippen molar-refractivity contribution in [1.29, 1.82) is 5.26 Å². The molecule has 0 bridgehead atoms. The van der Waals surface area contributed by atoms with Crippen LogP contribution >= 0.6 is 0 Å². The zero-order valence-electron chi connectivity index (χ0n) is 11.5. The molecule has 1 N–H and O–H groups in total. The number of nitriles is 1. The number of fused-ring (bicyclic) bond motifs is 1. The fourth-order valence-corrected chi connectivity index (χ4v) is 3.17. The highest BCUT2D eigenvalue weighted by Crippen LogP contribution is 2.44. The van der Waals surface area contributed by atoms with Crippen LogP contribution in [0.15, 0.2) is 30.6 Å². The number of imidazole rings is 1. The molecule has 0 spiro atoms.